The number of aliphatic hydroxyl groups excluding tert-OH is 1. The van der Waals surface area contributed by atoms with Gasteiger partial charge in [0.05, 0.1) is 5.52 Å². The lowest BCUT2D eigenvalue weighted by molar-refractivity contribution is 0.107. The Morgan fingerprint density at radius 3 is 2.75 bits per heavy atom. The van der Waals surface area contributed by atoms with Crippen molar-refractivity contribution in [1.29, 1.82) is 0 Å². The van der Waals surface area contributed by atoms with Crippen molar-refractivity contribution >= 4 is 22.2 Å². The number of H-pyrrole nitrogens is 2. The number of benzene rings is 2. The molecule has 0 radical (unpaired) electrons. The highest BCUT2D eigenvalue weighted by Gasteiger charge is 2.18. The van der Waals surface area contributed by atoms with Gasteiger partial charge in [-0.05, 0) is 67.3 Å². The van der Waals surface area contributed by atoms with Gasteiger partial charge in [-0.1, -0.05) is 43.9 Å². The van der Waals surface area contributed by atoms with Crippen molar-refractivity contribution in [3.63, 3.8) is 0 Å². The second kappa shape index (κ2) is 12.1. The second-order valence-corrected chi connectivity index (χ2v) is 10.7. The molecule has 1 aliphatic carbocycles. The number of aromatic nitrogens is 5. The molecule has 1 saturated carbocycles. The second-order valence-electron chi connectivity index (χ2n) is 10.7. The number of hydrogen-bond acceptors (Lipinski definition) is 6. The van der Waals surface area contributed by atoms with Crippen molar-refractivity contribution in [2.24, 2.45) is 5.92 Å². The molecule has 1 atom stereocenters. The smallest absolute Gasteiger partial charge is 0.323 e. The zero-order valence-corrected chi connectivity index (χ0v) is 22.6. The van der Waals surface area contributed by atoms with E-state index in [1.165, 1.54) is 37.7 Å². The molecule has 9 nitrogen and oxygen atoms in total. The monoisotopic (exact) mass is 540 g/mol. The van der Waals surface area contributed by atoms with Gasteiger partial charge >= 0.3 is 5.69 Å². The third-order valence-corrected chi connectivity index (χ3v) is 7.85. The van der Waals surface area contributed by atoms with Gasteiger partial charge in [-0.25, -0.2) is 14.8 Å². The fraction of sp³-hybridized carbons (Fsp3) is 0.387. The molecule has 9 heteroatoms. The van der Waals surface area contributed by atoms with Crippen LogP contribution in [0.4, 0.5) is 0 Å². The van der Waals surface area contributed by atoms with Gasteiger partial charge in [0.25, 0.3) is 0 Å². The van der Waals surface area contributed by atoms with Crippen molar-refractivity contribution in [3.8, 4) is 11.4 Å². The van der Waals surface area contributed by atoms with Crippen LogP contribution in [0, 0.1) is 5.92 Å². The molecule has 40 heavy (non-hydrogen) atoms. The average molecular weight is 541 g/mol. The van der Waals surface area contributed by atoms with E-state index < -0.39 is 6.10 Å². The normalized spacial score (nSPS) is 14.8. The lowest BCUT2D eigenvalue weighted by atomic mass is 10.0. The predicted octanol–water partition coefficient (Wildman–Crippen LogP) is 4.28. The summed E-state index contributed by atoms with van der Waals surface area (Å²) in [7, 11) is 0. The van der Waals surface area contributed by atoms with Crippen LogP contribution in [-0.2, 0) is 12.8 Å². The Labute approximate surface area is 232 Å². The number of nitrogens with zero attached hydrogens (tertiary/aromatic N) is 3. The summed E-state index contributed by atoms with van der Waals surface area (Å²) in [4.78, 5) is 26.6. The van der Waals surface area contributed by atoms with E-state index >= 15 is 0 Å². The maximum atomic E-state index is 11.6. The number of pyridine rings is 1. The first-order valence-electron chi connectivity index (χ1n) is 14.3. The summed E-state index contributed by atoms with van der Waals surface area (Å²) >= 11 is 0. The molecule has 0 spiro atoms. The number of ether oxygens (including phenoxy) is 1. The molecule has 0 unspecified atom stereocenters. The third kappa shape index (κ3) is 5.95. The van der Waals surface area contributed by atoms with E-state index in [0.29, 0.717) is 23.3 Å². The molecule has 3 aromatic heterocycles. The van der Waals surface area contributed by atoms with Crippen LogP contribution in [0.25, 0.3) is 27.9 Å². The molecular weight excluding hydrogens is 504 g/mol. The van der Waals surface area contributed by atoms with Crippen LogP contribution in [0.3, 0.4) is 0 Å². The molecule has 2 aromatic carbocycles. The summed E-state index contributed by atoms with van der Waals surface area (Å²) in [6.07, 6.45) is 9.57. The third-order valence-electron chi connectivity index (χ3n) is 7.85. The Morgan fingerprint density at radius 2 is 1.90 bits per heavy atom. The van der Waals surface area contributed by atoms with Crippen LogP contribution in [-0.4, -0.2) is 55.4 Å². The first kappa shape index (κ1) is 26.3. The highest BCUT2D eigenvalue weighted by Crippen LogP contribution is 2.30. The standard InChI is InChI=1S/C31H36N6O3/c38-24(20-40-27-9-3-7-25-29(27)36-31(39)35-25)19-32-18-16-22-10-13-23(14-11-22)37-28(15-12-21-5-1-2-6-21)34-26-8-4-17-33-30(26)37/h3-4,7-11,13-14,17,21,24,32,38H,1-2,5-6,12,15-16,18-20H2,(H2,35,36,39)/t24-/m0/s1. The van der Waals surface area contributed by atoms with Crippen LogP contribution in [0.1, 0.15) is 43.5 Å². The molecule has 6 rings (SSSR count). The number of imidazole rings is 2. The van der Waals surface area contributed by atoms with Gasteiger partial charge in [0.15, 0.2) is 5.65 Å². The Hall–Kier alpha value is -3.95. The first-order chi connectivity index (χ1) is 19.6. The Kier molecular flexibility index (Phi) is 7.92. The van der Waals surface area contributed by atoms with E-state index in [0.717, 1.165) is 48.0 Å². The zero-order chi connectivity index (χ0) is 27.3. The lowest BCUT2D eigenvalue weighted by Crippen LogP contribution is -2.32. The van der Waals surface area contributed by atoms with E-state index in [9.17, 15) is 9.90 Å². The van der Waals surface area contributed by atoms with Crippen molar-refractivity contribution in [2.45, 2.75) is 51.0 Å². The minimum Gasteiger partial charge on any atom is -0.489 e. The topological polar surface area (TPSA) is 121 Å². The SMILES string of the molecule is O=c1[nH]c2cccc(OC[C@@H](O)CNCCc3ccc(-n4c(CCC5CCCC5)nc5cccnc54)cc3)c2[nH]1. The lowest BCUT2D eigenvalue weighted by Gasteiger charge is -2.14. The van der Waals surface area contributed by atoms with E-state index in [1.807, 2.05) is 18.3 Å². The van der Waals surface area contributed by atoms with E-state index in [-0.39, 0.29) is 12.3 Å². The number of aromatic amines is 2. The number of nitrogens with one attached hydrogen (secondary N) is 3. The van der Waals surface area contributed by atoms with Gasteiger partial charge in [0.1, 0.15) is 35.3 Å². The number of aryl methyl sites for hydroxylation is 1. The minimum absolute atomic E-state index is 0.129. The minimum atomic E-state index is -0.673. The average Bonchev–Trinajstić information content (AvgIpc) is 3.71. The molecule has 208 valence electrons. The maximum Gasteiger partial charge on any atom is 0.323 e. The Balaban J connectivity index is 1.02. The fourth-order valence-corrected chi connectivity index (χ4v) is 5.74. The molecule has 5 aromatic rings. The van der Waals surface area contributed by atoms with Gasteiger partial charge < -0.3 is 25.1 Å². The summed E-state index contributed by atoms with van der Waals surface area (Å²) in [5, 5.41) is 13.7. The molecule has 0 bridgehead atoms. The molecule has 1 fully saturated rings. The number of fused-ring (bicyclic) bond motifs is 2. The van der Waals surface area contributed by atoms with Crippen molar-refractivity contribution in [3.05, 3.63) is 82.7 Å². The number of hydrogen-bond donors (Lipinski definition) is 4. The van der Waals surface area contributed by atoms with Gasteiger partial charge in [0, 0.05) is 24.8 Å². The first-order valence-corrected chi connectivity index (χ1v) is 14.3. The largest absolute Gasteiger partial charge is 0.489 e. The molecule has 0 saturated heterocycles. The molecule has 3 heterocycles. The van der Waals surface area contributed by atoms with Crippen LogP contribution in [0.5, 0.6) is 5.75 Å². The Bertz CT molecular complexity index is 1610. The highest BCUT2D eigenvalue weighted by molar-refractivity contribution is 5.81. The Morgan fingerprint density at radius 1 is 1.05 bits per heavy atom. The molecule has 4 N–H and O–H groups in total. The molecular formula is C31H36N6O3. The predicted molar refractivity (Wildman–Crippen MR) is 156 cm³/mol. The number of aliphatic hydroxyl groups is 1. The highest BCUT2D eigenvalue weighted by atomic mass is 16.5. The fourth-order valence-electron chi connectivity index (χ4n) is 5.74. The molecule has 1 aliphatic rings. The van der Waals surface area contributed by atoms with Gasteiger partial charge in [-0.2, -0.15) is 0 Å². The quantitative estimate of drug-likeness (QED) is 0.175. The van der Waals surface area contributed by atoms with Gasteiger partial charge in [-0.3, -0.25) is 4.57 Å². The van der Waals surface area contributed by atoms with Crippen molar-refractivity contribution in [1.82, 2.24) is 29.8 Å². The van der Waals surface area contributed by atoms with Crippen LogP contribution >= 0.6 is 0 Å². The van der Waals surface area contributed by atoms with Gasteiger partial charge in [0.2, 0.25) is 0 Å². The van der Waals surface area contributed by atoms with Gasteiger partial charge in [-0.15, -0.1) is 0 Å². The number of rotatable bonds is 12. The van der Waals surface area contributed by atoms with Crippen molar-refractivity contribution in [2.75, 3.05) is 19.7 Å². The summed E-state index contributed by atoms with van der Waals surface area (Å²) in [5.74, 6) is 2.45. The van der Waals surface area contributed by atoms with E-state index in [4.69, 9.17) is 9.72 Å². The summed E-state index contributed by atoms with van der Waals surface area (Å²) < 4.78 is 7.97. The van der Waals surface area contributed by atoms with Crippen LogP contribution in [0.15, 0.2) is 65.6 Å². The zero-order valence-electron chi connectivity index (χ0n) is 22.6. The van der Waals surface area contributed by atoms with Crippen molar-refractivity contribution < 1.29 is 9.84 Å². The molecule has 0 amide bonds. The number of para-hydroxylation sites is 1. The van der Waals surface area contributed by atoms with Crippen LogP contribution < -0.4 is 15.7 Å². The maximum absolute atomic E-state index is 11.6. The summed E-state index contributed by atoms with van der Waals surface area (Å²) in [6, 6.07) is 18.0. The summed E-state index contributed by atoms with van der Waals surface area (Å²) in [6.45, 7) is 1.28. The van der Waals surface area contributed by atoms with E-state index in [2.05, 4.69) is 49.1 Å². The van der Waals surface area contributed by atoms with Crippen LogP contribution in [0.2, 0.25) is 0 Å². The van der Waals surface area contributed by atoms with E-state index in [1.54, 1.807) is 18.2 Å². The summed E-state index contributed by atoms with van der Waals surface area (Å²) in [5.41, 5.74) is 5.17. The molecule has 0 aliphatic heterocycles.